The maximum absolute atomic E-state index is 14.8. The van der Waals surface area contributed by atoms with Crippen molar-refractivity contribution in [2.75, 3.05) is 39.4 Å². The molecule has 87 heavy (non-hydrogen) atoms. The number of rotatable bonds is 25. The van der Waals surface area contributed by atoms with Gasteiger partial charge in [-0.05, 0) is 127 Å². The predicted molar refractivity (Wildman–Crippen MR) is 337 cm³/mol. The summed E-state index contributed by atoms with van der Waals surface area (Å²) in [7, 11) is 0. The molecule has 5 amide bonds. The molecule has 0 spiro atoms. The molecule has 2 aromatic heterocycles. The first kappa shape index (κ1) is 61.9. The summed E-state index contributed by atoms with van der Waals surface area (Å²) >= 11 is 1.53. The quantitative estimate of drug-likeness (QED) is 0.0208. The Hall–Kier alpha value is -8.19. The number of benzene rings is 5. The van der Waals surface area contributed by atoms with Crippen molar-refractivity contribution in [3.05, 3.63) is 172 Å². The summed E-state index contributed by atoms with van der Waals surface area (Å²) in [4.78, 5) is 80.3. The lowest BCUT2D eigenvalue weighted by molar-refractivity contribution is -0.145. The number of aromatic amines is 1. The van der Waals surface area contributed by atoms with Gasteiger partial charge >= 0.3 is 6.09 Å². The van der Waals surface area contributed by atoms with Gasteiger partial charge in [0.05, 0.1) is 28.8 Å². The van der Waals surface area contributed by atoms with Crippen molar-refractivity contribution < 1.29 is 42.9 Å². The number of unbranched alkanes of at least 4 members (excludes halogenated alkanes) is 2. The summed E-state index contributed by atoms with van der Waals surface area (Å²) in [5.74, 6) is -1.75. The van der Waals surface area contributed by atoms with Gasteiger partial charge in [0.1, 0.15) is 24.4 Å². The first-order chi connectivity index (χ1) is 42.0. The molecular formula is C69H79FN8O8S. The molecule has 2 aliphatic carbocycles. The van der Waals surface area contributed by atoms with E-state index < -0.39 is 59.0 Å². The second-order valence-corrected chi connectivity index (χ2v) is 25.1. The van der Waals surface area contributed by atoms with Crippen LogP contribution in [0.5, 0.6) is 5.75 Å². The van der Waals surface area contributed by atoms with Crippen LogP contribution in [0.3, 0.4) is 0 Å². The molecule has 7 aromatic rings. The standard InChI is InChI=1S/C69H79FN8O8S/c1-6-33-78(67(84)86-43-57-55-19-10-8-17-53(55)54-18-9-11-20-56(54)57)75-61(80)29-26-46-22-24-47(25-23-46)41-76(35-30-49-39-71-58-21-13-12-16-52(49)58)34-14-7-15-36-85-60-37-48(62-45(2)73-44-87-62)27-28-50(60)40-72-64(81)59-38-51(79)42-77(59)65(82)63(68(3,4)5)74-66(83)69(70)31-32-69/h8-13,16-29,37,39,44,51,57,59,63,71,79H,6-7,14-15,30-36,38,40-43H2,1-5H3,(H,72,81)(H,74,83)(H,75,80)/b29-26+/t51-,59+,63-/m1/s1. The molecule has 1 aliphatic heterocycles. The highest BCUT2D eigenvalue weighted by Gasteiger charge is 2.53. The number of nitrogens with one attached hydrogen (secondary N) is 4. The maximum Gasteiger partial charge on any atom is 0.428 e. The zero-order valence-electron chi connectivity index (χ0n) is 50.3. The van der Waals surface area contributed by atoms with E-state index in [9.17, 15) is 33.5 Å². The van der Waals surface area contributed by atoms with Gasteiger partial charge in [-0.15, -0.1) is 11.3 Å². The lowest BCUT2D eigenvalue weighted by atomic mass is 9.85. The number of nitrogens with zero attached hydrogens (tertiary/aromatic N) is 4. The fourth-order valence-electron chi connectivity index (χ4n) is 11.7. The highest BCUT2D eigenvalue weighted by molar-refractivity contribution is 7.13. The number of halogens is 1. The molecule has 10 rings (SSSR count). The Labute approximate surface area is 512 Å². The molecule has 0 bridgehead atoms. The van der Waals surface area contributed by atoms with Crippen molar-refractivity contribution in [1.29, 1.82) is 0 Å². The van der Waals surface area contributed by atoms with Crippen LogP contribution in [0.4, 0.5) is 9.18 Å². The number of aliphatic hydroxyl groups is 1. The van der Waals surface area contributed by atoms with Crippen molar-refractivity contribution >= 4 is 58.0 Å². The Morgan fingerprint density at radius 1 is 0.897 bits per heavy atom. The summed E-state index contributed by atoms with van der Waals surface area (Å²) < 4.78 is 27.2. The minimum absolute atomic E-state index is 0.0181. The lowest BCUT2D eigenvalue weighted by Crippen LogP contribution is -2.59. The van der Waals surface area contributed by atoms with Crippen LogP contribution in [0.2, 0.25) is 0 Å². The van der Waals surface area contributed by atoms with Crippen LogP contribution in [0.1, 0.15) is 118 Å². The smallest absolute Gasteiger partial charge is 0.428 e. The van der Waals surface area contributed by atoms with Crippen molar-refractivity contribution in [1.82, 2.24) is 40.8 Å². The average Bonchev–Trinajstić information content (AvgIpc) is 1.96. The summed E-state index contributed by atoms with van der Waals surface area (Å²) in [5.41, 5.74) is 13.2. The van der Waals surface area contributed by atoms with Gasteiger partial charge in [-0.25, -0.2) is 19.2 Å². The second kappa shape index (κ2) is 27.7. The van der Waals surface area contributed by atoms with Gasteiger partial charge in [-0.1, -0.05) is 131 Å². The van der Waals surface area contributed by atoms with Gasteiger partial charge in [0, 0.05) is 73.8 Å². The topological polar surface area (TPSA) is 199 Å². The third kappa shape index (κ3) is 15.1. The number of β-amino-alcohol motifs (C(OH)–C–C–N with tert-alkyl or cyclic N) is 1. The van der Waals surface area contributed by atoms with Crippen molar-refractivity contribution in [2.45, 2.75) is 129 Å². The van der Waals surface area contributed by atoms with E-state index in [1.807, 2.05) is 74.5 Å². The molecule has 16 nitrogen and oxygen atoms in total. The zero-order chi connectivity index (χ0) is 61.2. The number of H-pyrrole nitrogens is 1. The van der Waals surface area contributed by atoms with E-state index in [0.29, 0.717) is 31.9 Å². The number of aromatic nitrogens is 2. The predicted octanol–water partition coefficient (Wildman–Crippen LogP) is 11.2. The molecule has 456 valence electrons. The molecular weight excluding hydrogens is 1120 g/mol. The van der Waals surface area contributed by atoms with E-state index in [2.05, 4.69) is 91.7 Å². The number of hydrogen-bond acceptors (Lipinski definition) is 11. The van der Waals surface area contributed by atoms with Crippen molar-refractivity contribution in [3.8, 4) is 27.3 Å². The second-order valence-electron chi connectivity index (χ2n) is 24.2. The van der Waals surface area contributed by atoms with E-state index in [0.717, 1.165) is 99.4 Å². The third-order valence-corrected chi connectivity index (χ3v) is 17.7. The van der Waals surface area contributed by atoms with Gasteiger partial charge in [0.2, 0.25) is 11.8 Å². The van der Waals surface area contributed by atoms with Gasteiger partial charge in [-0.3, -0.25) is 29.5 Å². The van der Waals surface area contributed by atoms with Crippen molar-refractivity contribution in [2.24, 2.45) is 5.41 Å². The number of aryl methyl sites for hydroxylation is 1. The minimum Gasteiger partial charge on any atom is -0.493 e. The number of likely N-dealkylation sites (tertiary alicyclic amines) is 1. The molecule has 3 atom stereocenters. The van der Waals surface area contributed by atoms with Crippen LogP contribution in [-0.2, 0) is 43.4 Å². The van der Waals surface area contributed by atoms with Crippen molar-refractivity contribution in [3.63, 3.8) is 0 Å². The molecule has 3 heterocycles. The first-order valence-electron chi connectivity index (χ1n) is 30.4. The Bertz CT molecular complexity index is 3560. The molecule has 5 aromatic carbocycles. The van der Waals surface area contributed by atoms with Crippen LogP contribution in [-0.4, -0.2) is 123 Å². The van der Waals surface area contributed by atoms with Gasteiger partial charge in [-0.2, -0.15) is 0 Å². The van der Waals surface area contributed by atoms with E-state index in [-0.39, 0.29) is 44.9 Å². The SMILES string of the molecule is CCCN(NC(=O)/C=C/c1ccc(CN(CCCCCOc2cc(-c3scnc3C)ccc2CNC(=O)[C@@H]2C[C@@H](O)CN2C(=O)[C@@H](NC(=O)C2(F)CC2)C(C)(C)C)CCc2c[nH]c3ccccc23)cc1)C(=O)OCC1c2ccccc2-c2ccccc21. The fourth-order valence-corrected chi connectivity index (χ4v) is 12.5. The van der Waals surface area contributed by atoms with Gasteiger partial charge in [0.25, 0.3) is 11.8 Å². The summed E-state index contributed by atoms with van der Waals surface area (Å²) in [6, 6.07) is 36.6. The Kier molecular flexibility index (Phi) is 19.7. The molecule has 2 fully saturated rings. The number of carbonyl (C=O) groups is 5. The molecule has 1 saturated carbocycles. The number of thiazole rings is 1. The van der Waals surface area contributed by atoms with Crippen LogP contribution in [0.15, 0.2) is 133 Å². The summed E-state index contributed by atoms with van der Waals surface area (Å²) in [6.45, 7) is 12.5. The molecule has 1 saturated heterocycles. The third-order valence-electron chi connectivity index (χ3n) is 16.7. The number of fused-ring (bicyclic) bond motifs is 4. The number of para-hydroxylation sites is 1. The van der Waals surface area contributed by atoms with E-state index >= 15 is 0 Å². The lowest BCUT2D eigenvalue weighted by Gasteiger charge is -2.35. The largest absolute Gasteiger partial charge is 0.493 e. The van der Waals surface area contributed by atoms with E-state index in [4.69, 9.17) is 9.47 Å². The number of aliphatic hydroxyl groups excluding tert-OH is 1. The monoisotopic (exact) mass is 1200 g/mol. The average molecular weight is 1200 g/mol. The minimum atomic E-state index is -1.98. The highest BCUT2D eigenvalue weighted by atomic mass is 32.1. The molecule has 5 N–H and O–H groups in total. The Balaban J connectivity index is 0.739. The van der Waals surface area contributed by atoms with Crippen LogP contribution < -0.4 is 20.8 Å². The number of hydrazine groups is 1. The molecule has 0 radical (unpaired) electrons. The zero-order valence-corrected chi connectivity index (χ0v) is 51.1. The van der Waals surface area contributed by atoms with Crippen LogP contribution >= 0.6 is 11.3 Å². The van der Waals surface area contributed by atoms with Gasteiger partial charge < -0.3 is 35.1 Å². The number of ether oxygens (including phenoxy) is 2. The summed E-state index contributed by atoms with van der Waals surface area (Å²) in [6.07, 6.45) is 7.98. The molecule has 18 heteroatoms. The molecule has 0 unspecified atom stereocenters. The fraction of sp³-hybridized carbons (Fsp3) is 0.391. The van der Waals surface area contributed by atoms with E-state index in [1.165, 1.54) is 38.3 Å². The maximum atomic E-state index is 14.8. The number of alkyl halides is 1. The Morgan fingerprint density at radius 2 is 1.62 bits per heavy atom. The highest BCUT2D eigenvalue weighted by Crippen LogP contribution is 2.45. The van der Waals surface area contributed by atoms with E-state index in [1.54, 1.807) is 32.4 Å². The molecule has 3 aliphatic rings. The van der Waals surface area contributed by atoms with Crippen LogP contribution in [0, 0.1) is 12.3 Å². The summed E-state index contributed by atoms with van der Waals surface area (Å²) in [5, 5.41) is 18.8. The van der Waals surface area contributed by atoms with Crippen LogP contribution in [0.25, 0.3) is 38.5 Å². The first-order valence-corrected chi connectivity index (χ1v) is 31.2. The Morgan fingerprint density at radius 3 is 2.32 bits per heavy atom. The number of carbonyl (C=O) groups excluding carboxylic acids is 5. The number of amides is 5. The van der Waals surface area contributed by atoms with Gasteiger partial charge in [0.15, 0.2) is 5.67 Å². The number of hydrogen-bond donors (Lipinski definition) is 5. The normalized spacial score (nSPS) is 16.4.